The van der Waals surface area contributed by atoms with Gasteiger partial charge in [-0.2, -0.15) is 5.10 Å². The largest absolute Gasteiger partial charge is 0.507 e. The van der Waals surface area contributed by atoms with E-state index in [1.165, 1.54) is 0 Å². The average Bonchev–Trinajstić information content (AvgIpc) is 2.66. The summed E-state index contributed by atoms with van der Waals surface area (Å²) in [5.74, 6) is 0.305. The zero-order valence-corrected chi connectivity index (χ0v) is 7.36. The monoisotopic (exact) mass is 184 g/mol. The van der Waals surface area contributed by atoms with Gasteiger partial charge in [-0.25, -0.2) is 0 Å². The van der Waals surface area contributed by atoms with Crippen LogP contribution in [0.25, 0.3) is 21.7 Å². The second-order valence-electron chi connectivity index (χ2n) is 3.27. The van der Waals surface area contributed by atoms with Crippen LogP contribution < -0.4 is 0 Å². The average molecular weight is 184 g/mol. The van der Waals surface area contributed by atoms with E-state index < -0.39 is 0 Å². The van der Waals surface area contributed by atoms with Gasteiger partial charge in [-0.05, 0) is 12.1 Å². The van der Waals surface area contributed by atoms with Crippen molar-refractivity contribution in [2.45, 2.75) is 0 Å². The molecule has 3 heteroatoms. The molecular weight excluding hydrogens is 176 g/mol. The minimum atomic E-state index is 0.305. The summed E-state index contributed by atoms with van der Waals surface area (Å²) in [5, 5.41) is 19.4. The molecule has 3 nitrogen and oxygen atoms in total. The van der Waals surface area contributed by atoms with Gasteiger partial charge in [0.15, 0.2) is 0 Å². The molecule has 0 saturated carbocycles. The minimum Gasteiger partial charge on any atom is -0.507 e. The van der Waals surface area contributed by atoms with Crippen molar-refractivity contribution in [3.8, 4) is 5.75 Å². The maximum atomic E-state index is 9.63. The lowest BCUT2D eigenvalue weighted by atomic mass is 10.1. The Bertz CT molecular complexity index is 613. The van der Waals surface area contributed by atoms with Gasteiger partial charge in [-0.1, -0.05) is 18.2 Å². The molecule has 0 spiro atoms. The van der Waals surface area contributed by atoms with Crippen molar-refractivity contribution >= 4 is 21.7 Å². The Kier molecular flexibility index (Phi) is 1.31. The van der Waals surface area contributed by atoms with Crippen molar-refractivity contribution in [3.05, 3.63) is 36.5 Å². The SMILES string of the molecule is Oc1cccc2c1ccc1cn[nH]c12. The molecule has 2 aromatic carbocycles. The fourth-order valence-corrected chi connectivity index (χ4v) is 1.76. The number of fused-ring (bicyclic) bond motifs is 3. The first-order valence-corrected chi connectivity index (χ1v) is 4.40. The predicted octanol–water partition coefficient (Wildman–Crippen LogP) is 2.42. The number of hydrogen-bond donors (Lipinski definition) is 2. The molecule has 0 saturated heterocycles. The summed E-state index contributed by atoms with van der Waals surface area (Å²) in [6.45, 7) is 0. The third-order valence-corrected chi connectivity index (χ3v) is 2.45. The van der Waals surface area contributed by atoms with Crippen LogP contribution in [0.5, 0.6) is 5.75 Å². The van der Waals surface area contributed by atoms with E-state index in [4.69, 9.17) is 0 Å². The fourth-order valence-electron chi connectivity index (χ4n) is 1.76. The first-order valence-electron chi connectivity index (χ1n) is 4.40. The van der Waals surface area contributed by atoms with Crippen LogP contribution >= 0.6 is 0 Å². The van der Waals surface area contributed by atoms with Crippen LogP contribution in [0.3, 0.4) is 0 Å². The van der Waals surface area contributed by atoms with E-state index >= 15 is 0 Å². The second-order valence-corrected chi connectivity index (χ2v) is 3.27. The first kappa shape index (κ1) is 7.38. The molecule has 0 aliphatic heterocycles. The van der Waals surface area contributed by atoms with Crippen LogP contribution in [0, 0.1) is 0 Å². The number of phenols is 1. The summed E-state index contributed by atoms with van der Waals surface area (Å²) in [5.41, 5.74) is 0.971. The highest BCUT2D eigenvalue weighted by atomic mass is 16.3. The molecule has 0 aliphatic rings. The smallest absolute Gasteiger partial charge is 0.123 e. The molecule has 1 aromatic heterocycles. The van der Waals surface area contributed by atoms with E-state index in [0.717, 1.165) is 21.7 Å². The Balaban J connectivity index is 2.64. The number of hydrogen-bond acceptors (Lipinski definition) is 2. The molecule has 14 heavy (non-hydrogen) atoms. The Morgan fingerprint density at radius 1 is 1.07 bits per heavy atom. The Morgan fingerprint density at radius 2 is 2.00 bits per heavy atom. The van der Waals surface area contributed by atoms with Gasteiger partial charge in [0.25, 0.3) is 0 Å². The van der Waals surface area contributed by atoms with Crippen LogP contribution in [-0.4, -0.2) is 15.3 Å². The quantitative estimate of drug-likeness (QED) is 0.563. The maximum absolute atomic E-state index is 9.63. The van der Waals surface area contributed by atoms with Crippen LogP contribution in [-0.2, 0) is 0 Å². The highest BCUT2D eigenvalue weighted by molar-refractivity contribution is 6.06. The van der Waals surface area contributed by atoms with E-state index in [2.05, 4.69) is 10.2 Å². The maximum Gasteiger partial charge on any atom is 0.123 e. The summed E-state index contributed by atoms with van der Waals surface area (Å²) in [4.78, 5) is 0. The number of H-pyrrole nitrogens is 1. The lowest BCUT2D eigenvalue weighted by Gasteiger charge is -2.00. The second kappa shape index (κ2) is 2.48. The molecule has 0 amide bonds. The summed E-state index contributed by atoms with van der Waals surface area (Å²) >= 11 is 0. The number of benzene rings is 2. The van der Waals surface area contributed by atoms with Gasteiger partial charge in [0.05, 0.1) is 11.7 Å². The van der Waals surface area contributed by atoms with E-state index in [-0.39, 0.29) is 0 Å². The lowest BCUT2D eigenvalue weighted by molar-refractivity contribution is 0.481. The zero-order valence-electron chi connectivity index (χ0n) is 7.36. The topological polar surface area (TPSA) is 48.9 Å². The summed E-state index contributed by atoms with van der Waals surface area (Å²) in [6, 6.07) is 9.33. The van der Waals surface area contributed by atoms with Crippen LogP contribution in [0.4, 0.5) is 0 Å². The summed E-state index contributed by atoms with van der Waals surface area (Å²) in [7, 11) is 0. The van der Waals surface area contributed by atoms with Crippen molar-refractivity contribution in [1.29, 1.82) is 0 Å². The molecule has 1 heterocycles. The van der Waals surface area contributed by atoms with E-state index in [0.29, 0.717) is 5.75 Å². The number of nitrogens with one attached hydrogen (secondary N) is 1. The van der Waals surface area contributed by atoms with Crippen molar-refractivity contribution < 1.29 is 5.11 Å². The number of rotatable bonds is 0. The van der Waals surface area contributed by atoms with E-state index in [1.807, 2.05) is 24.3 Å². The van der Waals surface area contributed by atoms with Crippen LogP contribution in [0.2, 0.25) is 0 Å². The third kappa shape index (κ3) is 0.836. The molecule has 0 aliphatic carbocycles. The Labute approximate surface area is 80.0 Å². The molecular formula is C11H8N2O. The normalized spacial score (nSPS) is 11.1. The number of aromatic nitrogens is 2. The molecule has 0 atom stereocenters. The van der Waals surface area contributed by atoms with Crippen LogP contribution in [0.1, 0.15) is 0 Å². The van der Waals surface area contributed by atoms with Gasteiger partial charge in [0.1, 0.15) is 5.75 Å². The summed E-state index contributed by atoms with van der Waals surface area (Å²) < 4.78 is 0. The van der Waals surface area contributed by atoms with Gasteiger partial charge >= 0.3 is 0 Å². The van der Waals surface area contributed by atoms with Crippen molar-refractivity contribution in [2.75, 3.05) is 0 Å². The Hall–Kier alpha value is -2.03. The molecule has 68 valence electrons. The van der Waals surface area contributed by atoms with Gasteiger partial charge in [-0.3, -0.25) is 5.10 Å². The predicted molar refractivity (Wildman–Crippen MR) is 55.3 cm³/mol. The van der Waals surface area contributed by atoms with E-state index in [1.54, 1.807) is 12.3 Å². The molecule has 2 N–H and O–H groups in total. The molecule has 0 bridgehead atoms. The van der Waals surface area contributed by atoms with Crippen molar-refractivity contribution in [3.63, 3.8) is 0 Å². The number of aromatic amines is 1. The zero-order chi connectivity index (χ0) is 9.54. The first-order chi connectivity index (χ1) is 6.86. The molecule has 0 unspecified atom stereocenters. The molecule has 0 radical (unpaired) electrons. The van der Waals surface area contributed by atoms with E-state index in [9.17, 15) is 5.11 Å². The van der Waals surface area contributed by atoms with Gasteiger partial charge < -0.3 is 5.11 Å². The molecule has 0 fully saturated rings. The third-order valence-electron chi connectivity index (χ3n) is 2.45. The number of phenolic OH excluding ortho intramolecular Hbond substituents is 1. The minimum absolute atomic E-state index is 0.305. The highest BCUT2D eigenvalue weighted by Gasteiger charge is 2.03. The Morgan fingerprint density at radius 3 is 2.93 bits per heavy atom. The lowest BCUT2D eigenvalue weighted by Crippen LogP contribution is -1.76. The highest BCUT2D eigenvalue weighted by Crippen LogP contribution is 2.29. The standard InChI is InChI=1S/C11H8N2O/c14-10-3-1-2-9-8(10)5-4-7-6-12-13-11(7)9/h1-6,14H,(H,12,13). The number of nitrogens with zero attached hydrogens (tertiary/aromatic N) is 1. The fraction of sp³-hybridized carbons (Fsp3) is 0. The summed E-state index contributed by atoms with van der Waals surface area (Å²) in [6.07, 6.45) is 1.78. The van der Waals surface area contributed by atoms with Gasteiger partial charge in [0, 0.05) is 16.2 Å². The van der Waals surface area contributed by atoms with Crippen LogP contribution in [0.15, 0.2) is 36.5 Å². The number of aromatic hydroxyl groups is 1. The van der Waals surface area contributed by atoms with Gasteiger partial charge in [-0.15, -0.1) is 0 Å². The van der Waals surface area contributed by atoms with Crippen molar-refractivity contribution in [2.24, 2.45) is 0 Å². The van der Waals surface area contributed by atoms with Gasteiger partial charge in [0.2, 0.25) is 0 Å². The molecule has 3 aromatic rings. The van der Waals surface area contributed by atoms with Crippen molar-refractivity contribution in [1.82, 2.24) is 10.2 Å². The molecule has 3 rings (SSSR count).